The van der Waals surface area contributed by atoms with E-state index in [0.717, 1.165) is 27.6 Å². The molecule has 0 spiro atoms. The first kappa shape index (κ1) is 15.0. The summed E-state index contributed by atoms with van der Waals surface area (Å²) in [6, 6.07) is 13.7. The van der Waals surface area contributed by atoms with Crippen molar-refractivity contribution in [2.24, 2.45) is 5.92 Å². The van der Waals surface area contributed by atoms with E-state index in [4.69, 9.17) is 0 Å². The lowest BCUT2D eigenvalue weighted by molar-refractivity contribution is 0.103. The summed E-state index contributed by atoms with van der Waals surface area (Å²) >= 11 is 3.42. The van der Waals surface area contributed by atoms with Crippen LogP contribution >= 0.6 is 15.9 Å². The summed E-state index contributed by atoms with van der Waals surface area (Å²) in [4.78, 5) is 12.5. The van der Waals surface area contributed by atoms with E-state index in [2.05, 4.69) is 41.9 Å². The second-order valence-corrected chi connectivity index (χ2v) is 6.50. The van der Waals surface area contributed by atoms with Crippen LogP contribution in [0.15, 0.2) is 46.9 Å². The van der Waals surface area contributed by atoms with Crippen molar-refractivity contribution in [3.05, 3.63) is 69.2 Å². The quantitative estimate of drug-likeness (QED) is 0.705. The van der Waals surface area contributed by atoms with E-state index in [0.29, 0.717) is 5.92 Å². The Morgan fingerprint density at radius 2 is 1.75 bits per heavy atom. The molecule has 0 aromatic heterocycles. The smallest absolute Gasteiger partial charge is 0.193 e. The van der Waals surface area contributed by atoms with Gasteiger partial charge >= 0.3 is 0 Å². The van der Waals surface area contributed by atoms with Crippen LogP contribution in [0, 0.1) is 12.8 Å². The highest BCUT2D eigenvalue weighted by Crippen LogP contribution is 2.19. The number of aryl methyl sites for hydroxylation is 1. The van der Waals surface area contributed by atoms with Crippen LogP contribution in [0.3, 0.4) is 0 Å². The molecule has 0 amide bonds. The molecule has 2 heteroatoms. The van der Waals surface area contributed by atoms with Crippen LogP contribution < -0.4 is 0 Å². The number of carbonyl (C=O) groups excluding carboxylic acids is 1. The number of rotatable bonds is 4. The van der Waals surface area contributed by atoms with Crippen molar-refractivity contribution >= 4 is 21.7 Å². The Bertz CT molecular complexity index is 612. The minimum absolute atomic E-state index is 0.0890. The van der Waals surface area contributed by atoms with Gasteiger partial charge in [0.15, 0.2) is 5.78 Å². The van der Waals surface area contributed by atoms with Gasteiger partial charge in [-0.25, -0.2) is 0 Å². The molecule has 0 aliphatic heterocycles. The van der Waals surface area contributed by atoms with E-state index in [9.17, 15) is 4.79 Å². The van der Waals surface area contributed by atoms with E-state index >= 15 is 0 Å². The minimum atomic E-state index is 0.0890. The fourth-order valence-corrected chi connectivity index (χ4v) is 2.78. The second-order valence-electron chi connectivity index (χ2n) is 5.58. The lowest BCUT2D eigenvalue weighted by Gasteiger charge is -2.08. The molecule has 0 saturated heterocycles. The van der Waals surface area contributed by atoms with Gasteiger partial charge in [-0.3, -0.25) is 4.79 Å². The number of hydrogen-bond acceptors (Lipinski definition) is 1. The standard InChI is InChI=1S/C18H19BrO/c1-12(2)10-14-4-6-15(7-5-14)18(20)17-9-8-16(19)11-13(17)3/h4-9,11-12H,10H2,1-3H3. The molecule has 0 N–H and O–H groups in total. The average Bonchev–Trinajstić information content (AvgIpc) is 2.38. The van der Waals surface area contributed by atoms with Crippen molar-refractivity contribution < 1.29 is 4.79 Å². The van der Waals surface area contributed by atoms with Crippen molar-refractivity contribution in [1.29, 1.82) is 0 Å². The zero-order chi connectivity index (χ0) is 14.7. The average molecular weight is 331 g/mol. The molecule has 2 aromatic carbocycles. The molecule has 0 bridgehead atoms. The molecule has 0 atom stereocenters. The van der Waals surface area contributed by atoms with E-state index in [-0.39, 0.29) is 5.78 Å². The molecule has 104 valence electrons. The predicted octanol–water partition coefficient (Wildman–Crippen LogP) is 5.19. The van der Waals surface area contributed by atoms with Gasteiger partial charge in [0.25, 0.3) is 0 Å². The van der Waals surface area contributed by atoms with E-state index in [1.807, 2.05) is 37.3 Å². The van der Waals surface area contributed by atoms with Gasteiger partial charge in [0.2, 0.25) is 0 Å². The maximum absolute atomic E-state index is 12.5. The van der Waals surface area contributed by atoms with Crippen molar-refractivity contribution in [2.45, 2.75) is 27.2 Å². The molecular weight excluding hydrogens is 312 g/mol. The molecule has 0 aliphatic rings. The molecular formula is C18H19BrO. The number of halogens is 1. The molecule has 0 radical (unpaired) electrons. The first-order chi connectivity index (χ1) is 9.47. The number of hydrogen-bond donors (Lipinski definition) is 0. The van der Waals surface area contributed by atoms with Gasteiger partial charge in [-0.05, 0) is 48.6 Å². The Morgan fingerprint density at radius 3 is 2.30 bits per heavy atom. The van der Waals surface area contributed by atoms with Gasteiger partial charge < -0.3 is 0 Å². The van der Waals surface area contributed by atoms with Gasteiger partial charge in [-0.2, -0.15) is 0 Å². The van der Waals surface area contributed by atoms with Gasteiger partial charge in [-0.15, -0.1) is 0 Å². The highest BCUT2D eigenvalue weighted by Gasteiger charge is 2.12. The third kappa shape index (κ3) is 3.57. The van der Waals surface area contributed by atoms with Crippen LogP contribution in [0.5, 0.6) is 0 Å². The van der Waals surface area contributed by atoms with E-state index in [1.165, 1.54) is 5.56 Å². The highest BCUT2D eigenvalue weighted by atomic mass is 79.9. The lowest BCUT2D eigenvalue weighted by atomic mass is 9.96. The molecule has 0 heterocycles. The summed E-state index contributed by atoms with van der Waals surface area (Å²) in [5.41, 5.74) is 3.80. The second kappa shape index (κ2) is 6.36. The molecule has 20 heavy (non-hydrogen) atoms. The van der Waals surface area contributed by atoms with Crippen molar-refractivity contribution in [2.75, 3.05) is 0 Å². The van der Waals surface area contributed by atoms with Crippen LogP contribution in [-0.2, 0) is 6.42 Å². The van der Waals surface area contributed by atoms with E-state index < -0.39 is 0 Å². The summed E-state index contributed by atoms with van der Waals surface area (Å²) in [6.07, 6.45) is 1.05. The largest absolute Gasteiger partial charge is 0.289 e. The molecule has 0 unspecified atom stereocenters. The van der Waals surface area contributed by atoms with Gasteiger partial charge in [0, 0.05) is 15.6 Å². The fourth-order valence-electron chi connectivity index (χ4n) is 2.30. The van der Waals surface area contributed by atoms with Crippen LogP contribution in [-0.4, -0.2) is 5.78 Å². The molecule has 1 nitrogen and oxygen atoms in total. The third-order valence-electron chi connectivity index (χ3n) is 3.29. The Labute approximate surface area is 129 Å². The maximum atomic E-state index is 12.5. The molecule has 0 saturated carbocycles. The summed E-state index contributed by atoms with van der Waals surface area (Å²) in [5, 5.41) is 0. The van der Waals surface area contributed by atoms with E-state index in [1.54, 1.807) is 0 Å². The third-order valence-corrected chi connectivity index (χ3v) is 3.79. The van der Waals surface area contributed by atoms with Crippen molar-refractivity contribution in [3.8, 4) is 0 Å². The number of benzene rings is 2. The van der Waals surface area contributed by atoms with Gasteiger partial charge in [0.05, 0.1) is 0 Å². The van der Waals surface area contributed by atoms with Gasteiger partial charge in [-0.1, -0.05) is 54.0 Å². The Morgan fingerprint density at radius 1 is 1.10 bits per heavy atom. The summed E-state index contributed by atoms with van der Waals surface area (Å²) in [6.45, 7) is 6.36. The number of carbonyl (C=O) groups is 1. The zero-order valence-electron chi connectivity index (χ0n) is 12.1. The summed E-state index contributed by atoms with van der Waals surface area (Å²) in [7, 11) is 0. The SMILES string of the molecule is Cc1cc(Br)ccc1C(=O)c1ccc(CC(C)C)cc1. The topological polar surface area (TPSA) is 17.1 Å². The fraction of sp³-hybridized carbons (Fsp3) is 0.278. The van der Waals surface area contributed by atoms with Crippen LogP contribution in [0.1, 0.15) is 40.9 Å². The van der Waals surface area contributed by atoms with Crippen molar-refractivity contribution in [1.82, 2.24) is 0 Å². The van der Waals surface area contributed by atoms with Crippen LogP contribution in [0.2, 0.25) is 0 Å². The molecule has 0 aliphatic carbocycles. The lowest BCUT2D eigenvalue weighted by Crippen LogP contribution is -2.04. The van der Waals surface area contributed by atoms with Crippen LogP contribution in [0.25, 0.3) is 0 Å². The van der Waals surface area contributed by atoms with Gasteiger partial charge in [0.1, 0.15) is 0 Å². The van der Waals surface area contributed by atoms with Crippen LogP contribution in [0.4, 0.5) is 0 Å². The Balaban J connectivity index is 2.25. The monoisotopic (exact) mass is 330 g/mol. The number of ketones is 1. The first-order valence-electron chi connectivity index (χ1n) is 6.87. The highest BCUT2D eigenvalue weighted by molar-refractivity contribution is 9.10. The first-order valence-corrected chi connectivity index (χ1v) is 7.66. The Hall–Kier alpha value is -1.41. The molecule has 2 aromatic rings. The normalized spacial score (nSPS) is 10.8. The zero-order valence-corrected chi connectivity index (χ0v) is 13.7. The molecule has 0 fully saturated rings. The Kier molecular flexibility index (Phi) is 4.77. The minimum Gasteiger partial charge on any atom is -0.289 e. The van der Waals surface area contributed by atoms with Crippen molar-refractivity contribution in [3.63, 3.8) is 0 Å². The summed E-state index contributed by atoms with van der Waals surface area (Å²) < 4.78 is 0.999. The predicted molar refractivity (Wildman–Crippen MR) is 87.3 cm³/mol. The molecule has 2 rings (SSSR count). The maximum Gasteiger partial charge on any atom is 0.193 e. The summed E-state index contributed by atoms with van der Waals surface area (Å²) in [5.74, 6) is 0.719.